The molecule has 0 saturated carbocycles. The summed E-state index contributed by atoms with van der Waals surface area (Å²) < 4.78 is 4.95. The van der Waals surface area contributed by atoms with Crippen LogP contribution in [0.15, 0.2) is 29.5 Å². The van der Waals surface area contributed by atoms with Crippen LogP contribution in [0.4, 0.5) is 0 Å². The van der Waals surface area contributed by atoms with Gasteiger partial charge in [0.2, 0.25) is 0 Å². The molecular formula is C15H16Cl2N2O3. The minimum absolute atomic E-state index is 0.188. The van der Waals surface area contributed by atoms with Gasteiger partial charge in [0.1, 0.15) is 0 Å². The normalized spacial score (nSPS) is 15.0. The number of amides is 1. The lowest BCUT2D eigenvalue weighted by Gasteiger charge is -2.28. The van der Waals surface area contributed by atoms with Crippen LogP contribution in [-0.4, -0.2) is 36.5 Å². The quantitative estimate of drug-likeness (QED) is 0.857. The van der Waals surface area contributed by atoms with E-state index in [1.165, 1.54) is 6.07 Å². The van der Waals surface area contributed by atoms with Crippen molar-refractivity contribution in [3.05, 3.63) is 45.1 Å². The molecule has 1 aromatic carbocycles. The van der Waals surface area contributed by atoms with E-state index < -0.39 is 5.97 Å². The average Bonchev–Trinajstić information content (AvgIpc) is 2.49. The summed E-state index contributed by atoms with van der Waals surface area (Å²) in [5.74, 6) is -0.619. The number of carbonyl (C=O) groups excluding carboxylic acids is 2. The molecule has 0 bridgehead atoms. The number of ether oxygens (including phenoxy) is 1. The van der Waals surface area contributed by atoms with E-state index in [9.17, 15) is 9.59 Å². The summed E-state index contributed by atoms with van der Waals surface area (Å²) in [5.41, 5.74) is 7.14. The van der Waals surface area contributed by atoms with Crippen LogP contribution in [0.5, 0.6) is 0 Å². The Balaban J connectivity index is 2.14. The number of halogens is 2. The van der Waals surface area contributed by atoms with Crippen molar-refractivity contribution >= 4 is 35.1 Å². The average molecular weight is 343 g/mol. The molecule has 0 radical (unpaired) electrons. The molecule has 0 unspecified atom stereocenters. The molecule has 2 rings (SSSR count). The Morgan fingerprint density at radius 3 is 2.64 bits per heavy atom. The molecule has 1 amide bonds. The second-order valence-electron chi connectivity index (χ2n) is 4.83. The fourth-order valence-electron chi connectivity index (χ4n) is 2.22. The van der Waals surface area contributed by atoms with Gasteiger partial charge in [-0.3, -0.25) is 4.79 Å². The van der Waals surface area contributed by atoms with Gasteiger partial charge in [0.15, 0.2) is 0 Å². The molecule has 0 fully saturated rings. The highest BCUT2D eigenvalue weighted by Gasteiger charge is 2.26. The molecule has 1 aliphatic rings. The Morgan fingerprint density at radius 1 is 1.32 bits per heavy atom. The van der Waals surface area contributed by atoms with Gasteiger partial charge in [0.25, 0.3) is 5.91 Å². The molecule has 118 valence electrons. The van der Waals surface area contributed by atoms with Crippen LogP contribution in [0.25, 0.3) is 0 Å². The summed E-state index contributed by atoms with van der Waals surface area (Å²) >= 11 is 11.8. The molecule has 7 heteroatoms. The molecule has 2 N–H and O–H groups in total. The molecule has 22 heavy (non-hydrogen) atoms. The lowest BCUT2D eigenvalue weighted by atomic mass is 10.0. The van der Waals surface area contributed by atoms with Gasteiger partial charge in [-0.05, 0) is 31.5 Å². The first kappa shape index (κ1) is 16.6. The fraction of sp³-hybridized carbons (Fsp3) is 0.333. The van der Waals surface area contributed by atoms with E-state index in [1.807, 2.05) is 0 Å². The number of rotatable bonds is 3. The molecule has 0 aromatic heterocycles. The summed E-state index contributed by atoms with van der Waals surface area (Å²) in [4.78, 5) is 25.7. The number of hydrogen-bond acceptors (Lipinski definition) is 4. The third-order valence-electron chi connectivity index (χ3n) is 3.36. The van der Waals surface area contributed by atoms with Crippen LogP contribution in [0, 0.1) is 0 Å². The number of benzene rings is 1. The number of carbonyl (C=O) groups is 2. The Labute approximate surface area is 138 Å². The fourth-order valence-corrected chi connectivity index (χ4v) is 2.52. The minimum Gasteiger partial charge on any atom is -0.463 e. The van der Waals surface area contributed by atoms with E-state index in [1.54, 1.807) is 24.0 Å². The topological polar surface area (TPSA) is 72.6 Å². The van der Waals surface area contributed by atoms with Crippen LogP contribution in [0.3, 0.4) is 0 Å². The third kappa shape index (κ3) is 3.54. The summed E-state index contributed by atoms with van der Waals surface area (Å²) in [6, 6.07) is 4.70. The largest absolute Gasteiger partial charge is 0.463 e. The smallest absolute Gasteiger partial charge is 0.335 e. The summed E-state index contributed by atoms with van der Waals surface area (Å²) in [6.45, 7) is 2.61. The van der Waals surface area contributed by atoms with Gasteiger partial charge in [-0.1, -0.05) is 23.2 Å². The van der Waals surface area contributed by atoms with Crippen LogP contribution < -0.4 is 5.73 Å². The predicted octanol–water partition coefficient (Wildman–Crippen LogP) is 2.62. The Hall–Kier alpha value is -1.72. The molecular weight excluding hydrogens is 327 g/mol. The summed E-state index contributed by atoms with van der Waals surface area (Å²) in [7, 11) is 0. The number of nitrogens with two attached hydrogens (primary N) is 1. The third-order valence-corrected chi connectivity index (χ3v) is 4.10. The van der Waals surface area contributed by atoms with Crippen LogP contribution in [0.2, 0.25) is 10.0 Å². The van der Waals surface area contributed by atoms with Gasteiger partial charge >= 0.3 is 5.97 Å². The SMILES string of the molecule is CCOC(=O)C1=C(N)CN(C(=O)c2ccc(Cl)c(Cl)c2)CC1. The summed E-state index contributed by atoms with van der Waals surface area (Å²) in [5, 5.41) is 0.709. The number of esters is 1. The first-order valence-electron chi connectivity index (χ1n) is 6.83. The zero-order chi connectivity index (χ0) is 16.3. The number of nitrogens with zero attached hydrogens (tertiary/aromatic N) is 1. The molecule has 1 aliphatic heterocycles. The lowest BCUT2D eigenvalue weighted by Crippen LogP contribution is -2.40. The predicted molar refractivity (Wildman–Crippen MR) is 84.8 cm³/mol. The summed E-state index contributed by atoms with van der Waals surface area (Å²) in [6.07, 6.45) is 0.373. The molecule has 0 atom stereocenters. The second kappa shape index (κ2) is 7.03. The maximum Gasteiger partial charge on any atom is 0.335 e. The second-order valence-corrected chi connectivity index (χ2v) is 5.64. The van der Waals surface area contributed by atoms with Crippen molar-refractivity contribution in [2.45, 2.75) is 13.3 Å². The van der Waals surface area contributed by atoms with Crippen LogP contribution in [0.1, 0.15) is 23.7 Å². The van der Waals surface area contributed by atoms with Crippen molar-refractivity contribution in [2.75, 3.05) is 19.7 Å². The van der Waals surface area contributed by atoms with Gasteiger partial charge in [0, 0.05) is 17.8 Å². The van der Waals surface area contributed by atoms with E-state index >= 15 is 0 Å². The molecule has 0 saturated heterocycles. The molecule has 1 heterocycles. The first-order valence-corrected chi connectivity index (χ1v) is 7.58. The highest BCUT2D eigenvalue weighted by molar-refractivity contribution is 6.42. The van der Waals surface area contributed by atoms with Crippen molar-refractivity contribution < 1.29 is 14.3 Å². The van der Waals surface area contributed by atoms with E-state index in [-0.39, 0.29) is 12.5 Å². The Morgan fingerprint density at radius 2 is 2.05 bits per heavy atom. The van der Waals surface area contributed by atoms with Crippen molar-refractivity contribution in [1.29, 1.82) is 0 Å². The highest BCUT2D eigenvalue weighted by Crippen LogP contribution is 2.24. The minimum atomic E-state index is -0.415. The maximum absolute atomic E-state index is 12.4. The Bertz CT molecular complexity index is 644. The van der Waals surface area contributed by atoms with E-state index in [0.29, 0.717) is 46.5 Å². The molecule has 0 spiro atoms. The lowest BCUT2D eigenvalue weighted by molar-refractivity contribution is -0.138. The zero-order valence-corrected chi connectivity index (χ0v) is 13.6. The van der Waals surface area contributed by atoms with Crippen molar-refractivity contribution in [3.8, 4) is 0 Å². The van der Waals surface area contributed by atoms with Gasteiger partial charge in [-0.15, -0.1) is 0 Å². The van der Waals surface area contributed by atoms with E-state index in [2.05, 4.69) is 0 Å². The van der Waals surface area contributed by atoms with Crippen LogP contribution >= 0.6 is 23.2 Å². The Kier molecular flexibility index (Phi) is 5.32. The molecule has 5 nitrogen and oxygen atoms in total. The highest BCUT2D eigenvalue weighted by atomic mass is 35.5. The standard InChI is InChI=1S/C15H16Cl2N2O3/c1-2-22-15(21)10-5-6-19(8-13(10)18)14(20)9-3-4-11(16)12(17)7-9/h3-4,7H,2,5-6,8,18H2,1H3. The van der Waals surface area contributed by atoms with Gasteiger partial charge < -0.3 is 15.4 Å². The van der Waals surface area contributed by atoms with Gasteiger partial charge in [-0.25, -0.2) is 4.79 Å². The maximum atomic E-state index is 12.4. The van der Waals surface area contributed by atoms with Crippen molar-refractivity contribution in [2.24, 2.45) is 5.73 Å². The van der Waals surface area contributed by atoms with Crippen LogP contribution in [-0.2, 0) is 9.53 Å². The first-order chi connectivity index (χ1) is 10.4. The van der Waals surface area contributed by atoms with E-state index in [0.717, 1.165) is 0 Å². The molecule has 1 aromatic rings. The zero-order valence-electron chi connectivity index (χ0n) is 12.1. The van der Waals surface area contributed by atoms with Gasteiger partial charge in [0.05, 0.1) is 28.8 Å². The van der Waals surface area contributed by atoms with Crippen molar-refractivity contribution in [3.63, 3.8) is 0 Å². The van der Waals surface area contributed by atoms with E-state index in [4.69, 9.17) is 33.7 Å². The number of hydrogen-bond donors (Lipinski definition) is 1. The van der Waals surface area contributed by atoms with Gasteiger partial charge in [-0.2, -0.15) is 0 Å². The monoisotopic (exact) mass is 342 g/mol. The molecule has 0 aliphatic carbocycles. The van der Waals surface area contributed by atoms with Crippen molar-refractivity contribution in [1.82, 2.24) is 4.90 Å².